The van der Waals surface area contributed by atoms with E-state index >= 15 is 0 Å². The van der Waals surface area contributed by atoms with Crippen molar-refractivity contribution in [3.63, 3.8) is 0 Å². The molecule has 0 spiro atoms. The van der Waals surface area contributed by atoms with Crippen molar-refractivity contribution >= 4 is 5.69 Å². The van der Waals surface area contributed by atoms with Gasteiger partial charge in [-0.2, -0.15) is 0 Å². The zero-order chi connectivity index (χ0) is 12.4. The van der Waals surface area contributed by atoms with E-state index in [1.54, 1.807) is 0 Å². The highest BCUT2D eigenvalue weighted by Crippen LogP contribution is 2.31. The first kappa shape index (κ1) is 12.4. The Hall–Kier alpha value is -1.05. The highest BCUT2D eigenvalue weighted by atomic mass is 14.9. The summed E-state index contributed by atoms with van der Waals surface area (Å²) in [6.07, 6.45) is 4.02. The van der Waals surface area contributed by atoms with Crippen molar-refractivity contribution in [2.45, 2.75) is 53.0 Å². The Morgan fingerprint density at radius 2 is 1.94 bits per heavy atom. The third kappa shape index (κ3) is 2.80. The van der Waals surface area contributed by atoms with Gasteiger partial charge in [-0.3, -0.25) is 4.98 Å². The van der Waals surface area contributed by atoms with E-state index in [4.69, 9.17) is 0 Å². The Balaban J connectivity index is 2.09. The number of nitrogens with zero attached hydrogens (tertiary/aromatic N) is 1. The van der Waals surface area contributed by atoms with Crippen LogP contribution in [0.5, 0.6) is 0 Å². The van der Waals surface area contributed by atoms with Crippen LogP contribution in [-0.2, 0) is 0 Å². The van der Waals surface area contributed by atoms with Crippen LogP contribution in [0.15, 0.2) is 12.1 Å². The summed E-state index contributed by atoms with van der Waals surface area (Å²) in [5.74, 6) is 1.59. The summed E-state index contributed by atoms with van der Waals surface area (Å²) >= 11 is 0. The second kappa shape index (κ2) is 5.07. The van der Waals surface area contributed by atoms with Crippen molar-refractivity contribution in [3.05, 3.63) is 23.5 Å². The van der Waals surface area contributed by atoms with Crippen molar-refractivity contribution in [2.24, 2.45) is 11.8 Å². The lowest BCUT2D eigenvalue weighted by molar-refractivity contribution is 0.253. The van der Waals surface area contributed by atoms with Gasteiger partial charge in [0.15, 0.2) is 0 Å². The second-order valence-electron chi connectivity index (χ2n) is 5.60. The molecule has 1 fully saturated rings. The molecule has 0 aliphatic heterocycles. The molecular formula is C15H24N2. The van der Waals surface area contributed by atoms with E-state index in [0.717, 1.165) is 23.2 Å². The summed E-state index contributed by atoms with van der Waals surface area (Å²) in [4.78, 5) is 4.52. The molecule has 0 radical (unpaired) electrons. The molecule has 1 aromatic rings. The summed E-state index contributed by atoms with van der Waals surface area (Å²) in [5.41, 5.74) is 3.43. The zero-order valence-electron chi connectivity index (χ0n) is 11.5. The van der Waals surface area contributed by atoms with E-state index in [2.05, 4.69) is 43.2 Å². The largest absolute Gasteiger partial charge is 0.381 e. The van der Waals surface area contributed by atoms with Crippen molar-refractivity contribution in [1.82, 2.24) is 4.98 Å². The average Bonchev–Trinajstić information content (AvgIpc) is 2.28. The zero-order valence-corrected chi connectivity index (χ0v) is 11.5. The fraction of sp³-hybridized carbons (Fsp3) is 0.667. The number of aryl methyl sites for hydroxylation is 2. The Morgan fingerprint density at radius 3 is 2.65 bits per heavy atom. The van der Waals surface area contributed by atoms with Gasteiger partial charge in [-0.25, -0.2) is 0 Å². The lowest BCUT2D eigenvalue weighted by Crippen LogP contribution is -2.35. The molecule has 1 aromatic heterocycles. The SMILES string of the molecule is Cc1ccc(NC2CCCC(C)C2C)c(C)n1. The number of nitrogens with one attached hydrogen (secondary N) is 1. The number of pyridine rings is 1. The van der Waals surface area contributed by atoms with E-state index in [1.807, 2.05) is 6.92 Å². The number of rotatable bonds is 2. The normalized spacial score (nSPS) is 29.1. The van der Waals surface area contributed by atoms with E-state index < -0.39 is 0 Å². The highest BCUT2D eigenvalue weighted by Gasteiger charge is 2.27. The molecule has 0 aromatic carbocycles. The van der Waals surface area contributed by atoms with Gasteiger partial charge in [-0.1, -0.05) is 26.7 Å². The van der Waals surface area contributed by atoms with E-state index in [-0.39, 0.29) is 0 Å². The molecule has 17 heavy (non-hydrogen) atoms. The molecule has 2 heteroatoms. The van der Waals surface area contributed by atoms with E-state index in [0.29, 0.717) is 6.04 Å². The minimum Gasteiger partial charge on any atom is -0.381 e. The fourth-order valence-electron chi connectivity index (χ4n) is 2.82. The molecule has 1 N–H and O–H groups in total. The first-order chi connectivity index (χ1) is 8.08. The molecule has 1 saturated carbocycles. The van der Waals surface area contributed by atoms with Gasteiger partial charge in [0.1, 0.15) is 0 Å². The summed E-state index contributed by atoms with van der Waals surface area (Å²) < 4.78 is 0. The number of hydrogen-bond acceptors (Lipinski definition) is 2. The van der Waals surface area contributed by atoms with Crippen molar-refractivity contribution in [1.29, 1.82) is 0 Å². The van der Waals surface area contributed by atoms with Crippen LogP contribution < -0.4 is 5.32 Å². The van der Waals surface area contributed by atoms with E-state index in [1.165, 1.54) is 24.9 Å². The third-order valence-electron chi connectivity index (χ3n) is 4.27. The van der Waals surface area contributed by atoms with Crippen LogP contribution >= 0.6 is 0 Å². The van der Waals surface area contributed by atoms with Crippen LogP contribution in [0.25, 0.3) is 0 Å². The minimum absolute atomic E-state index is 0.613. The highest BCUT2D eigenvalue weighted by molar-refractivity contribution is 5.48. The number of anilines is 1. The standard InChI is InChI=1S/C15H24N2/c1-10-6-5-7-14(12(10)3)17-15-9-8-11(2)16-13(15)4/h8-10,12,14,17H,5-7H2,1-4H3. The van der Waals surface area contributed by atoms with Gasteiger partial charge in [0.2, 0.25) is 0 Å². The number of aromatic nitrogens is 1. The van der Waals surface area contributed by atoms with Crippen LogP contribution in [-0.4, -0.2) is 11.0 Å². The van der Waals surface area contributed by atoms with Crippen LogP contribution in [0.3, 0.4) is 0 Å². The smallest absolute Gasteiger partial charge is 0.0606 e. The first-order valence-corrected chi connectivity index (χ1v) is 6.78. The maximum Gasteiger partial charge on any atom is 0.0606 e. The van der Waals surface area contributed by atoms with Gasteiger partial charge in [0.25, 0.3) is 0 Å². The summed E-state index contributed by atoms with van der Waals surface area (Å²) in [6.45, 7) is 8.88. The maximum absolute atomic E-state index is 4.52. The second-order valence-corrected chi connectivity index (χ2v) is 5.60. The summed E-state index contributed by atoms with van der Waals surface area (Å²) in [5, 5.41) is 3.69. The van der Waals surface area contributed by atoms with Crippen LogP contribution in [0, 0.1) is 25.7 Å². The molecule has 0 amide bonds. The summed E-state index contributed by atoms with van der Waals surface area (Å²) in [6, 6.07) is 4.87. The molecule has 2 rings (SSSR count). The monoisotopic (exact) mass is 232 g/mol. The molecule has 94 valence electrons. The van der Waals surface area contributed by atoms with Gasteiger partial charge < -0.3 is 5.32 Å². The number of hydrogen-bond donors (Lipinski definition) is 1. The maximum atomic E-state index is 4.52. The van der Waals surface area contributed by atoms with Crippen molar-refractivity contribution in [3.8, 4) is 0 Å². The van der Waals surface area contributed by atoms with Gasteiger partial charge in [-0.15, -0.1) is 0 Å². The third-order valence-corrected chi connectivity index (χ3v) is 4.27. The van der Waals surface area contributed by atoms with Crippen molar-refractivity contribution < 1.29 is 0 Å². The average molecular weight is 232 g/mol. The minimum atomic E-state index is 0.613. The Bertz CT molecular complexity index is 387. The molecule has 1 aliphatic carbocycles. The molecule has 1 aliphatic rings. The Morgan fingerprint density at radius 1 is 1.18 bits per heavy atom. The van der Waals surface area contributed by atoms with Crippen LogP contribution in [0.4, 0.5) is 5.69 Å². The van der Waals surface area contributed by atoms with Crippen molar-refractivity contribution in [2.75, 3.05) is 5.32 Å². The van der Waals surface area contributed by atoms with E-state index in [9.17, 15) is 0 Å². The lowest BCUT2D eigenvalue weighted by Gasteiger charge is -2.35. The molecule has 3 unspecified atom stereocenters. The predicted octanol–water partition coefficient (Wildman–Crippen LogP) is 3.94. The molecule has 2 nitrogen and oxygen atoms in total. The molecule has 0 bridgehead atoms. The van der Waals surface area contributed by atoms with Gasteiger partial charge in [-0.05, 0) is 44.2 Å². The Kier molecular flexibility index (Phi) is 3.70. The lowest BCUT2D eigenvalue weighted by atomic mass is 9.78. The quantitative estimate of drug-likeness (QED) is 0.835. The van der Waals surface area contributed by atoms with Gasteiger partial charge in [0, 0.05) is 11.7 Å². The van der Waals surface area contributed by atoms with Crippen LogP contribution in [0.1, 0.15) is 44.5 Å². The molecular weight excluding hydrogens is 208 g/mol. The van der Waals surface area contributed by atoms with Gasteiger partial charge >= 0.3 is 0 Å². The van der Waals surface area contributed by atoms with Crippen LogP contribution in [0.2, 0.25) is 0 Å². The fourth-order valence-corrected chi connectivity index (χ4v) is 2.82. The molecule has 3 atom stereocenters. The predicted molar refractivity (Wildman–Crippen MR) is 73.3 cm³/mol. The molecule has 0 saturated heterocycles. The van der Waals surface area contributed by atoms with Gasteiger partial charge in [0.05, 0.1) is 11.4 Å². The Labute approximate surface area is 105 Å². The molecule has 1 heterocycles. The first-order valence-electron chi connectivity index (χ1n) is 6.78. The summed E-state index contributed by atoms with van der Waals surface area (Å²) in [7, 11) is 0. The topological polar surface area (TPSA) is 24.9 Å².